The number of hydrogen-bond donors (Lipinski definition) is 0. The topological polar surface area (TPSA) is 12.5 Å². The predicted molar refractivity (Wildman–Crippen MR) is 67.0 cm³/mol. The summed E-state index contributed by atoms with van der Waals surface area (Å²) in [5, 5.41) is 0. The number of hydrogen-bond acceptors (Lipinski definition) is 2. The van der Waals surface area contributed by atoms with E-state index in [0.717, 1.165) is 0 Å². The van der Waals surface area contributed by atoms with Gasteiger partial charge in [-0.25, -0.2) is 26.3 Å². The third kappa shape index (κ3) is 2.72. The summed E-state index contributed by atoms with van der Waals surface area (Å²) in [6.07, 6.45) is -13.3. The first-order chi connectivity index (χ1) is 10.4. The van der Waals surface area contributed by atoms with E-state index in [1.165, 1.54) is 4.90 Å². The summed E-state index contributed by atoms with van der Waals surface area (Å²) < 4.78 is 86.8. The number of alkyl halides is 6. The van der Waals surface area contributed by atoms with Crippen molar-refractivity contribution in [2.45, 2.75) is 68.4 Å². The van der Waals surface area contributed by atoms with Crippen molar-refractivity contribution in [3.63, 3.8) is 0 Å². The second-order valence-corrected chi connectivity index (χ2v) is 6.46. The SMILES string of the molecule is FC1CC2OCN(C3CCC(F)C(F)C3F)CC2C(F)C1F. The molecule has 0 radical (unpaired) electrons. The minimum absolute atomic E-state index is 0.0340. The van der Waals surface area contributed by atoms with Crippen LogP contribution in [0.2, 0.25) is 0 Å². The van der Waals surface area contributed by atoms with Crippen LogP contribution >= 0.6 is 0 Å². The first-order valence-corrected chi connectivity index (χ1v) is 7.60. The molecule has 3 fully saturated rings. The highest BCUT2D eigenvalue weighted by molar-refractivity contribution is 5.00. The van der Waals surface area contributed by atoms with Crippen LogP contribution in [0.4, 0.5) is 26.3 Å². The van der Waals surface area contributed by atoms with E-state index in [9.17, 15) is 26.3 Å². The Kier molecular flexibility index (Phi) is 4.60. The molecule has 128 valence electrons. The summed E-state index contributed by atoms with van der Waals surface area (Å²) in [7, 11) is 0. The van der Waals surface area contributed by atoms with Crippen molar-refractivity contribution in [3.05, 3.63) is 0 Å². The van der Waals surface area contributed by atoms with Gasteiger partial charge in [-0.05, 0) is 12.8 Å². The molecule has 22 heavy (non-hydrogen) atoms. The molecule has 2 saturated carbocycles. The standard InChI is InChI=1S/C14H19F6NO/c15-7-1-2-9(14(20)12(7)18)21-4-6-10(22-5-21)3-8(16)13(19)11(6)17/h6-14H,1-5H2. The van der Waals surface area contributed by atoms with E-state index >= 15 is 0 Å². The van der Waals surface area contributed by atoms with Gasteiger partial charge < -0.3 is 4.74 Å². The average Bonchev–Trinajstić information content (AvgIpc) is 2.51. The van der Waals surface area contributed by atoms with E-state index in [0.29, 0.717) is 0 Å². The van der Waals surface area contributed by atoms with Gasteiger partial charge in [-0.1, -0.05) is 0 Å². The van der Waals surface area contributed by atoms with Crippen molar-refractivity contribution in [1.82, 2.24) is 4.90 Å². The Hall–Kier alpha value is -0.500. The summed E-state index contributed by atoms with van der Waals surface area (Å²) in [4.78, 5) is 1.39. The van der Waals surface area contributed by atoms with Crippen molar-refractivity contribution in [3.8, 4) is 0 Å². The maximum atomic E-state index is 14.0. The Morgan fingerprint density at radius 2 is 1.45 bits per heavy atom. The van der Waals surface area contributed by atoms with Gasteiger partial charge in [0.05, 0.1) is 12.8 Å². The van der Waals surface area contributed by atoms with Crippen LogP contribution in [0.5, 0.6) is 0 Å². The second kappa shape index (κ2) is 6.19. The molecule has 0 spiro atoms. The van der Waals surface area contributed by atoms with Gasteiger partial charge in [0.15, 0.2) is 12.3 Å². The van der Waals surface area contributed by atoms with Crippen LogP contribution in [-0.4, -0.2) is 67.4 Å². The van der Waals surface area contributed by atoms with Crippen molar-refractivity contribution in [2.75, 3.05) is 13.3 Å². The van der Waals surface area contributed by atoms with E-state index in [4.69, 9.17) is 4.74 Å². The highest BCUT2D eigenvalue weighted by Gasteiger charge is 2.51. The molecule has 1 saturated heterocycles. The normalized spacial score (nSPS) is 54.0. The lowest BCUT2D eigenvalue weighted by Gasteiger charge is -2.48. The van der Waals surface area contributed by atoms with Crippen molar-refractivity contribution in [1.29, 1.82) is 0 Å². The molecule has 8 heteroatoms. The van der Waals surface area contributed by atoms with E-state index in [2.05, 4.69) is 0 Å². The summed E-state index contributed by atoms with van der Waals surface area (Å²) in [5.74, 6) is -0.913. The molecule has 2 aliphatic carbocycles. The van der Waals surface area contributed by atoms with Crippen LogP contribution in [0.1, 0.15) is 19.3 Å². The van der Waals surface area contributed by atoms with Crippen LogP contribution in [0.3, 0.4) is 0 Å². The van der Waals surface area contributed by atoms with E-state index in [1.54, 1.807) is 0 Å². The minimum atomic E-state index is -2.22. The number of nitrogens with zero attached hydrogens (tertiary/aromatic N) is 1. The Labute approximate surface area is 124 Å². The summed E-state index contributed by atoms with van der Waals surface area (Å²) in [5.41, 5.74) is 0. The van der Waals surface area contributed by atoms with Crippen LogP contribution in [0.15, 0.2) is 0 Å². The molecule has 0 aromatic heterocycles. The molecule has 0 amide bonds. The molecule has 0 bridgehead atoms. The summed E-state index contributed by atoms with van der Waals surface area (Å²) in [6.45, 7) is -0.139. The van der Waals surface area contributed by atoms with Crippen LogP contribution in [-0.2, 0) is 4.74 Å². The Morgan fingerprint density at radius 1 is 0.773 bits per heavy atom. The molecule has 9 unspecified atom stereocenters. The molecular formula is C14H19F6NO. The van der Waals surface area contributed by atoms with Gasteiger partial charge in [0, 0.05) is 24.9 Å². The molecule has 1 heterocycles. The molecule has 1 aliphatic heterocycles. The van der Waals surface area contributed by atoms with E-state index in [1.807, 2.05) is 0 Å². The fourth-order valence-corrected chi connectivity index (χ4v) is 3.77. The third-order valence-corrected chi connectivity index (χ3v) is 5.12. The molecule has 0 aromatic rings. The predicted octanol–water partition coefficient (Wildman–Crippen LogP) is 2.86. The lowest BCUT2D eigenvalue weighted by molar-refractivity contribution is -0.185. The van der Waals surface area contributed by atoms with Crippen molar-refractivity contribution < 1.29 is 31.1 Å². The quantitative estimate of drug-likeness (QED) is 0.685. The van der Waals surface area contributed by atoms with E-state index in [-0.39, 0.29) is 32.5 Å². The second-order valence-electron chi connectivity index (χ2n) is 6.46. The first kappa shape index (κ1) is 16.4. The Balaban J connectivity index is 1.68. The zero-order chi connectivity index (χ0) is 16.0. The highest BCUT2D eigenvalue weighted by Crippen LogP contribution is 2.39. The number of fused-ring (bicyclic) bond motifs is 1. The van der Waals surface area contributed by atoms with Gasteiger partial charge in [-0.15, -0.1) is 0 Å². The zero-order valence-electron chi connectivity index (χ0n) is 11.9. The molecule has 3 rings (SSSR count). The van der Waals surface area contributed by atoms with Gasteiger partial charge in [-0.3, -0.25) is 4.90 Å². The van der Waals surface area contributed by atoms with Crippen LogP contribution < -0.4 is 0 Å². The van der Waals surface area contributed by atoms with Crippen molar-refractivity contribution in [2.24, 2.45) is 5.92 Å². The number of ether oxygens (including phenoxy) is 1. The lowest BCUT2D eigenvalue weighted by Crippen LogP contribution is -2.61. The maximum absolute atomic E-state index is 14.0. The fourth-order valence-electron chi connectivity index (χ4n) is 3.77. The van der Waals surface area contributed by atoms with Gasteiger partial charge in [0.25, 0.3) is 0 Å². The zero-order valence-corrected chi connectivity index (χ0v) is 11.9. The number of rotatable bonds is 1. The average molecular weight is 331 g/mol. The lowest BCUT2D eigenvalue weighted by atomic mass is 9.80. The third-order valence-electron chi connectivity index (χ3n) is 5.12. The molecule has 3 aliphatic rings. The van der Waals surface area contributed by atoms with Gasteiger partial charge in [0.1, 0.15) is 24.7 Å². The minimum Gasteiger partial charge on any atom is -0.362 e. The summed E-state index contributed by atoms with van der Waals surface area (Å²) >= 11 is 0. The monoisotopic (exact) mass is 331 g/mol. The molecule has 0 aromatic carbocycles. The molecule has 9 atom stereocenters. The van der Waals surface area contributed by atoms with Crippen LogP contribution in [0.25, 0.3) is 0 Å². The van der Waals surface area contributed by atoms with Gasteiger partial charge >= 0.3 is 0 Å². The molecular weight excluding hydrogens is 312 g/mol. The largest absolute Gasteiger partial charge is 0.362 e. The van der Waals surface area contributed by atoms with Crippen LogP contribution in [0, 0.1) is 5.92 Å². The summed E-state index contributed by atoms with van der Waals surface area (Å²) in [6, 6.07) is -0.920. The van der Waals surface area contributed by atoms with Crippen molar-refractivity contribution >= 4 is 0 Å². The Morgan fingerprint density at radius 3 is 2.18 bits per heavy atom. The Bertz CT molecular complexity index is 392. The van der Waals surface area contributed by atoms with E-state index < -0.39 is 55.1 Å². The number of halogens is 6. The smallest absolute Gasteiger partial charge is 0.164 e. The van der Waals surface area contributed by atoms with Gasteiger partial charge in [0.2, 0.25) is 0 Å². The first-order valence-electron chi connectivity index (χ1n) is 7.60. The fraction of sp³-hybridized carbons (Fsp3) is 1.00. The highest BCUT2D eigenvalue weighted by atomic mass is 19.2. The molecule has 2 nitrogen and oxygen atoms in total. The molecule has 0 N–H and O–H groups in total. The maximum Gasteiger partial charge on any atom is 0.164 e. The van der Waals surface area contributed by atoms with Gasteiger partial charge in [-0.2, -0.15) is 0 Å².